The molecule has 6 heteroatoms. The molecule has 2 heterocycles. The number of nitrogens with zero attached hydrogens (tertiary/aromatic N) is 2. The Hall–Kier alpha value is -3.25. The van der Waals surface area contributed by atoms with Crippen molar-refractivity contribution in [3.63, 3.8) is 0 Å². The van der Waals surface area contributed by atoms with Gasteiger partial charge in [0.1, 0.15) is 23.3 Å². The van der Waals surface area contributed by atoms with Crippen LogP contribution in [0.4, 0.5) is 5.95 Å². The van der Waals surface area contributed by atoms with Gasteiger partial charge in [-0.2, -0.15) is 4.57 Å². The molecule has 1 aliphatic heterocycles. The smallest absolute Gasteiger partial charge is 0.363 e. The third-order valence-corrected chi connectivity index (χ3v) is 6.06. The van der Waals surface area contributed by atoms with E-state index in [0.29, 0.717) is 0 Å². The zero-order valence-corrected chi connectivity index (χ0v) is 20.5. The monoisotopic (exact) mass is 505 g/mol. The number of hydrogen-bond donors (Lipinski definition) is 1. The van der Waals surface area contributed by atoms with E-state index >= 15 is 0 Å². The molecule has 33 heavy (non-hydrogen) atoms. The van der Waals surface area contributed by atoms with Gasteiger partial charge in [-0.25, -0.2) is 4.57 Å². The minimum Gasteiger partial charge on any atom is -1.00 e. The van der Waals surface area contributed by atoms with Crippen molar-refractivity contribution < 1.29 is 31.0 Å². The Kier molecular flexibility index (Phi) is 7.04. The standard InChI is InChI=1S/C27H27N3O2.BrH/c1-31-25-11-5-3-9-22(25)20-13-15-21(16-14-20)24-19-30(23-10-4-6-12-26(23)32-2)27-28-17-7-8-18-29(24)27;/h3-6,9-16,19H,7-8,17-18H2,1-2H3;1H. The number of nitrogens with one attached hydrogen (secondary N) is 1. The Morgan fingerprint density at radius 3 is 2.21 bits per heavy atom. The summed E-state index contributed by atoms with van der Waals surface area (Å²) >= 11 is 0. The Morgan fingerprint density at radius 1 is 0.788 bits per heavy atom. The topological polar surface area (TPSA) is 39.3 Å². The van der Waals surface area contributed by atoms with Crippen LogP contribution in [0.3, 0.4) is 0 Å². The molecule has 0 amide bonds. The van der Waals surface area contributed by atoms with Gasteiger partial charge in [-0.05, 0) is 36.6 Å². The van der Waals surface area contributed by atoms with Crippen LogP contribution < -0.4 is 36.3 Å². The van der Waals surface area contributed by atoms with Crippen molar-refractivity contribution in [2.45, 2.75) is 19.4 Å². The molecule has 0 fully saturated rings. The van der Waals surface area contributed by atoms with Gasteiger partial charge in [0.05, 0.1) is 27.3 Å². The van der Waals surface area contributed by atoms with Gasteiger partial charge in [-0.1, -0.05) is 54.6 Å². The molecule has 0 saturated carbocycles. The molecule has 3 aromatic carbocycles. The molecular weight excluding hydrogens is 478 g/mol. The molecule has 5 rings (SSSR count). The van der Waals surface area contributed by atoms with E-state index in [0.717, 1.165) is 60.2 Å². The molecule has 1 N–H and O–H groups in total. The van der Waals surface area contributed by atoms with Crippen molar-refractivity contribution in [3.8, 4) is 39.6 Å². The lowest BCUT2D eigenvalue weighted by Crippen LogP contribution is -3.00. The Bertz CT molecular complexity index is 1230. The highest BCUT2D eigenvalue weighted by molar-refractivity contribution is 5.73. The van der Waals surface area contributed by atoms with Crippen molar-refractivity contribution >= 4 is 5.95 Å². The zero-order chi connectivity index (χ0) is 21.9. The van der Waals surface area contributed by atoms with E-state index in [1.807, 2.05) is 36.4 Å². The summed E-state index contributed by atoms with van der Waals surface area (Å²) in [5.74, 6) is 2.83. The van der Waals surface area contributed by atoms with Crippen LogP contribution in [0.5, 0.6) is 11.5 Å². The van der Waals surface area contributed by atoms with Gasteiger partial charge in [0.2, 0.25) is 0 Å². The first-order valence-corrected chi connectivity index (χ1v) is 11.1. The summed E-state index contributed by atoms with van der Waals surface area (Å²) in [6, 6.07) is 25.0. The third kappa shape index (κ3) is 4.35. The van der Waals surface area contributed by atoms with E-state index in [1.54, 1.807) is 14.2 Å². The summed E-state index contributed by atoms with van der Waals surface area (Å²) in [5.41, 5.74) is 5.64. The maximum absolute atomic E-state index is 5.65. The molecule has 170 valence electrons. The van der Waals surface area contributed by atoms with Crippen molar-refractivity contribution in [2.75, 3.05) is 26.1 Å². The number of methoxy groups -OCH3 is 2. The summed E-state index contributed by atoms with van der Waals surface area (Å²) in [7, 11) is 3.44. The second kappa shape index (κ2) is 10.1. The Labute approximate surface area is 205 Å². The summed E-state index contributed by atoms with van der Waals surface area (Å²) in [5, 5.41) is 3.64. The van der Waals surface area contributed by atoms with Gasteiger partial charge < -0.3 is 26.5 Å². The number of aromatic nitrogens is 2. The fourth-order valence-electron chi connectivity index (χ4n) is 4.45. The lowest BCUT2D eigenvalue weighted by atomic mass is 10.0. The van der Waals surface area contributed by atoms with E-state index in [4.69, 9.17) is 9.47 Å². The van der Waals surface area contributed by atoms with Gasteiger partial charge in [0.15, 0.2) is 5.75 Å². The average molecular weight is 506 g/mol. The van der Waals surface area contributed by atoms with Crippen molar-refractivity contribution in [1.29, 1.82) is 0 Å². The van der Waals surface area contributed by atoms with Gasteiger partial charge in [-0.15, -0.1) is 0 Å². The van der Waals surface area contributed by atoms with Crippen molar-refractivity contribution in [1.82, 2.24) is 4.57 Å². The van der Waals surface area contributed by atoms with Crippen LogP contribution in [0.1, 0.15) is 12.8 Å². The molecule has 0 aliphatic carbocycles. The molecule has 0 unspecified atom stereocenters. The number of imidazole rings is 1. The average Bonchev–Trinajstić information content (AvgIpc) is 3.04. The van der Waals surface area contributed by atoms with Gasteiger partial charge >= 0.3 is 5.95 Å². The van der Waals surface area contributed by atoms with Gasteiger partial charge in [-0.3, -0.25) is 5.32 Å². The lowest BCUT2D eigenvalue weighted by Gasteiger charge is -2.09. The van der Waals surface area contributed by atoms with Crippen LogP contribution in [-0.4, -0.2) is 25.3 Å². The number of para-hydroxylation sites is 3. The number of halogens is 1. The second-order valence-corrected chi connectivity index (χ2v) is 7.94. The summed E-state index contributed by atoms with van der Waals surface area (Å²) < 4.78 is 15.8. The van der Waals surface area contributed by atoms with E-state index in [9.17, 15) is 0 Å². The molecule has 5 nitrogen and oxygen atoms in total. The molecule has 1 aliphatic rings. The Balaban J connectivity index is 0.00000259. The third-order valence-electron chi connectivity index (χ3n) is 6.06. The van der Waals surface area contributed by atoms with Crippen LogP contribution >= 0.6 is 0 Å². The van der Waals surface area contributed by atoms with E-state index in [1.165, 1.54) is 11.3 Å². The SMILES string of the molecule is COc1ccccc1-c1ccc(-c2c[n+](-c3ccccc3OC)c3n2CCCCN3)cc1.[Br-]. The van der Waals surface area contributed by atoms with Crippen molar-refractivity contribution in [2.24, 2.45) is 0 Å². The minimum absolute atomic E-state index is 0. The molecular formula is C27H28BrN3O2. The number of anilines is 1. The highest BCUT2D eigenvalue weighted by Gasteiger charge is 2.27. The van der Waals surface area contributed by atoms with E-state index < -0.39 is 0 Å². The number of ether oxygens (including phenoxy) is 2. The Morgan fingerprint density at radius 2 is 1.45 bits per heavy atom. The van der Waals surface area contributed by atoms with Gasteiger partial charge in [0.25, 0.3) is 0 Å². The fraction of sp³-hybridized carbons (Fsp3) is 0.222. The molecule has 0 radical (unpaired) electrons. The first kappa shape index (κ1) is 22.9. The minimum atomic E-state index is 0. The first-order chi connectivity index (χ1) is 15.8. The van der Waals surface area contributed by atoms with E-state index in [-0.39, 0.29) is 17.0 Å². The number of hydrogen-bond acceptors (Lipinski definition) is 3. The predicted molar refractivity (Wildman–Crippen MR) is 128 cm³/mol. The second-order valence-electron chi connectivity index (χ2n) is 7.94. The van der Waals surface area contributed by atoms with Crippen LogP contribution in [0.15, 0.2) is 79.0 Å². The predicted octanol–water partition coefficient (Wildman–Crippen LogP) is 2.33. The number of rotatable bonds is 5. The normalized spacial score (nSPS) is 12.7. The van der Waals surface area contributed by atoms with Crippen LogP contribution in [0.25, 0.3) is 28.1 Å². The fourth-order valence-corrected chi connectivity index (χ4v) is 4.45. The van der Waals surface area contributed by atoms with Crippen LogP contribution in [-0.2, 0) is 6.54 Å². The largest absolute Gasteiger partial charge is 1.00 e. The molecule has 4 aromatic rings. The summed E-state index contributed by atoms with van der Waals surface area (Å²) in [6.45, 7) is 1.94. The van der Waals surface area contributed by atoms with Crippen LogP contribution in [0.2, 0.25) is 0 Å². The molecule has 0 bridgehead atoms. The molecule has 1 aromatic heterocycles. The first-order valence-electron chi connectivity index (χ1n) is 11.1. The maximum Gasteiger partial charge on any atom is 0.363 e. The molecule has 0 spiro atoms. The van der Waals surface area contributed by atoms with Gasteiger partial charge in [0, 0.05) is 11.1 Å². The summed E-state index contributed by atoms with van der Waals surface area (Å²) in [6.07, 6.45) is 4.51. The molecule has 0 atom stereocenters. The zero-order valence-electron chi connectivity index (χ0n) is 18.9. The molecule has 0 saturated heterocycles. The number of fused-ring (bicyclic) bond motifs is 1. The number of benzene rings is 3. The van der Waals surface area contributed by atoms with Crippen LogP contribution in [0, 0.1) is 0 Å². The maximum atomic E-state index is 5.65. The highest BCUT2D eigenvalue weighted by atomic mass is 79.9. The quantitative estimate of drug-likeness (QED) is 0.423. The highest BCUT2D eigenvalue weighted by Crippen LogP contribution is 2.33. The lowest BCUT2D eigenvalue weighted by molar-refractivity contribution is -0.579. The van der Waals surface area contributed by atoms with E-state index in [2.05, 4.69) is 57.0 Å². The summed E-state index contributed by atoms with van der Waals surface area (Å²) in [4.78, 5) is 0. The van der Waals surface area contributed by atoms with Crippen molar-refractivity contribution in [3.05, 3.63) is 79.0 Å².